The molecule has 4 heteroatoms. The van der Waals surface area contributed by atoms with Crippen LogP contribution in [0, 0.1) is 0 Å². The molecular weight excluding hydrogens is 236 g/mol. The molecule has 2 rings (SSSR count). The van der Waals surface area contributed by atoms with Crippen molar-refractivity contribution in [2.24, 2.45) is 0 Å². The molecule has 0 spiro atoms. The van der Waals surface area contributed by atoms with Crippen LogP contribution in [0.1, 0.15) is 58.3 Å². The molecule has 3 nitrogen and oxygen atoms in total. The van der Waals surface area contributed by atoms with E-state index in [4.69, 9.17) is 0 Å². The maximum absolute atomic E-state index is 11.8. The van der Waals surface area contributed by atoms with Gasteiger partial charge in [-0.2, -0.15) is 0 Å². The molecule has 2 aliphatic rings. The Morgan fingerprint density at radius 1 is 1.41 bits per heavy atom. The highest BCUT2D eigenvalue weighted by Gasteiger charge is 2.36. The summed E-state index contributed by atoms with van der Waals surface area (Å²) in [6.45, 7) is 3.31. The van der Waals surface area contributed by atoms with Crippen LogP contribution in [0.3, 0.4) is 0 Å². The lowest BCUT2D eigenvalue weighted by molar-refractivity contribution is -0.124. The van der Waals surface area contributed by atoms with Gasteiger partial charge >= 0.3 is 0 Å². The van der Waals surface area contributed by atoms with Crippen molar-refractivity contribution in [2.45, 2.75) is 69.9 Å². The third-order valence-electron chi connectivity index (χ3n) is 4.27. The zero-order chi connectivity index (χ0) is 11.4. The van der Waals surface area contributed by atoms with Crippen LogP contribution < -0.4 is 10.6 Å². The summed E-state index contributed by atoms with van der Waals surface area (Å²) in [7, 11) is 0. The van der Waals surface area contributed by atoms with Gasteiger partial charge in [0.2, 0.25) is 5.91 Å². The Hall–Kier alpha value is -0.280. The molecule has 1 saturated carbocycles. The largest absolute Gasteiger partial charge is 0.351 e. The summed E-state index contributed by atoms with van der Waals surface area (Å²) in [5.41, 5.74) is 0.167. The Bertz CT molecular complexity index is 242. The molecule has 1 saturated heterocycles. The van der Waals surface area contributed by atoms with E-state index in [1.165, 1.54) is 32.1 Å². The minimum Gasteiger partial charge on any atom is -0.351 e. The molecule has 0 radical (unpaired) electrons. The molecule has 1 aliphatic heterocycles. The van der Waals surface area contributed by atoms with Gasteiger partial charge < -0.3 is 10.6 Å². The van der Waals surface area contributed by atoms with Crippen LogP contribution in [0.25, 0.3) is 0 Å². The monoisotopic (exact) mass is 260 g/mol. The highest BCUT2D eigenvalue weighted by Crippen LogP contribution is 2.34. The minimum atomic E-state index is 0. The van der Waals surface area contributed by atoms with Crippen molar-refractivity contribution in [3.05, 3.63) is 0 Å². The van der Waals surface area contributed by atoms with Gasteiger partial charge in [-0.25, -0.2) is 0 Å². The zero-order valence-corrected chi connectivity index (χ0v) is 11.6. The molecule has 2 fully saturated rings. The summed E-state index contributed by atoms with van der Waals surface area (Å²) in [5.74, 6) is 0.259. The Morgan fingerprint density at radius 2 is 2.18 bits per heavy atom. The number of carbonyl (C=O) groups excluding carboxylic acids is 1. The quantitative estimate of drug-likeness (QED) is 0.797. The maximum Gasteiger partial charge on any atom is 0.220 e. The maximum atomic E-state index is 11.8. The van der Waals surface area contributed by atoms with Crippen molar-refractivity contribution in [1.82, 2.24) is 10.6 Å². The van der Waals surface area contributed by atoms with Gasteiger partial charge in [-0.15, -0.1) is 12.4 Å². The molecule has 1 unspecified atom stereocenters. The molecule has 1 amide bonds. The van der Waals surface area contributed by atoms with Crippen molar-refractivity contribution in [1.29, 1.82) is 0 Å². The van der Waals surface area contributed by atoms with Gasteiger partial charge in [0.15, 0.2) is 0 Å². The number of rotatable bonds is 5. The molecule has 0 aromatic heterocycles. The van der Waals surface area contributed by atoms with Crippen LogP contribution in [-0.4, -0.2) is 24.0 Å². The van der Waals surface area contributed by atoms with Gasteiger partial charge in [0.05, 0.1) is 0 Å². The number of hydrogen-bond donors (Lipinski definition) is 2. The smallest absolute Gasteiger partial charge is 0.220 e. The summed E-state index contributed by atoms with van der Waals surface area (Å²) in [4.78, 5) is 11.8. The third kappa shape index (κ3) is 3.85. The second kappa shape index (κ2) is 6.60. The minimum absolute atomic E-state index is 0. The lowest BCUT2D eigenvalue weighted by Gasteiger charge is -2.42. The molecule has 100 valence electrons. The summed E-state index contributed by atoms with van der Waals surface area (Å²) >= 11 is 0. The van der Waals surface area contributed by atoms with Crippen LogP contribution >= 0.6 is 12.4 Å². The van der Waals surface area contributed by atoms with E-state index in [1.54, 1.807) is 0 Å². The van der Waals surface area contributed by atoms with Crippen LogP contribution in [0.5, 0.6) is 0 Å². The van der Waals surface area contributed by atoms with Crippen LogP contribution in [-0.2, 0) is 4.79 Å². The first-order valence-electron chi connectivity index (χ1n) is 6.78. The van der Waals surface area contributed by atoms with E-state index in [0.717, 1.165) is 19.4 Å². The van der Waals surface area contributed by atoms with Gasteiger partial charge in [-0.05, 0) is 51.5 Å². The fraction of sp³-hybridized carbons (Fsp3) is 0.923. The molecule has 17 heavy (non-hydrogen) atoms. The summed E-state index contributed by atoms with van der Waals surface area (Å²) < 4.78 is 0. The van der Waals surface area contributed by atoms with Gasteiger partial charge in [-0.3, -0.25) is 4.79 Å². The number of amides is 1. The molecule has 1 aliphatic carbocycles. The summed E-state index contributed by atoms with van der Waals surface area (Å²) in [6.07, 6.45) is 8.93. The lowest BCUT2D eigenvalue weighted by Crippen LogP contribution is -2.53. The molecule has 2 N–H and O–H groups in total. The standard InChI is InChI=1S/C13H24N2O.ClH/c1-2-13(8-4-9-13)15-12(16)7-6-11-5-3-10-14-11;/h11,14H,2-10H2,1H3,(H,15,16);1H. The van der Waals surface area contributed by atoms with E-state index in [1.807, 2.05) is 0 Å². The highest BCUT2D eigenvalue weighted by molar-refractivity contribution is 5.85. The van der Waals surface area contributed by atoms with Crippen LogP contribution in [0.4, 0.5) is 0 Å². The second-order valence-corrected chi connectivity index (χ2v) is 5.37. The number of carbonyl (C=O) groups is 1. The molecule has 0 aromatic carbocycles. The first-order valence-corrected chi connectivity index (χ1v) is 6.78. The molecule has 0 aromatic rings. The Balaban J connectivity index is 0.00000144. The van der Waals surface area contributed by atoms with E-state index in [0.29, 0.717) is 12.5 Å². The third-order valence-corrected chi connectivity index (χ3v) is 4.27. The van der Waals surface area contributed by atoms with Crippen molar-refractivity contribution in [3.8, 4) is 0 Å². The first kappa shape index (κ1) is 14.8. The van der Waals surface area contributed by atoms with Gasteiger partial charge in [-0.1, -0.05) is 6.92 Å². The van der Waals surface area contributed by atoms with Crippen molar-refractivity contribution < 1.29 is 4.79 Å². The predicted molar refractivity (Wildman–Crippen MR) is 72.5 cm³/mol. The summed E-state index contributed by atoms with van der Waals surface area (Å²) in [6, 6.07) is 0.588. The van der Waals surface area contributed by atoms with Crippen molar-refractivity contribution >= 4 is 18.3 Å². The van der Waals surface area contributed by atoms with Crippen molar-refractivity contribution in [2.75, 3.05) is 6.54 Å². The van der Waals surface area contributed by atoms with E-state index < -0.39 is 0 Å². The zero-order valence-electron chi connectivity index (χ0n) is 10.8. The first-order chi connectivity index (χ1) is 7.74. The van der Waals surface area contributed by atoms with Crippen molar-refractivity contribution in [3.63, 3.8) is 0 Å². The average molecular weight is 261 g/mol. The highest BCUT2D eigenvalue weighted by atomic mass is 35.5. The number of halogens is 1. The van der Waals surface area contributed by atoms with Gasteiger partial charge in [0.1, 0.15) is 0 Å². The second-order valence-electron chi connectivity index (χ2n) is 5.37. The number of hydrogen-bond acceptors (Lipinski definition) is 2. The van der Waals surface area contributed by atoms with Gasteiger partial charge in [0.25, 0.3) is 0 Å². The lowest BCUT2D eigenvalue weighted by atomic mass is 9.75. The van der Waals surface area contributed by atoms with Crippen LogP contribution in [0.15, 0.2) is 0 Å². The molecule has 1 heterocycles. The van der Waals surface area contributed by atoms with E-state index >= 15 is 0 Å². The average Bonchev–Trinajstić information content (AvgIpc) is 2.73. The number of nitrogens with one attached hydrogen (secondary N) is 2. The fourth-order valence-electron chi connectivity index (χ4n) is 2.84. The van der Waals surface area contributed by atoms with E-state index in [2.05, 4.69) is 17.6 Å². The Morgan fingerprint density at radius 3 is 2.65 bits per heavy atom. The van der Waals surface area contributed by atoms with E-state index in [9.17, 15) is 4.79 Å². The Kier molecular flexibility index (Phi) is 5.74. The fourth-order valence-corrected chi connectivity index (χ4v) is 2.84. The summed E-state index contributed by atoms with van der Waals surface area (Å²) in [5, 5.41) is 6.67. The molecular formula is C13H25ClN2O. The predicted octanol–water partition coefficient (Wildman–Crippen LogP) is 2.39. The SMILES string of the molecule is CCC1(NC(=O)CCC2CCCN2)CCC1.Cl. The Labute approximate surface area is 111 Å². The van der Waals surface area contributed by atoms with E-state index in [-0.39, 0.29) is 23.9 Å². The molecule has 1 atom stereocenters. The normalized spacial score (nSPS) is 25.8. The topological polar surface area (TPSA) is 41.1 Å². The van der Waals surface area contributed by atoms with Gasteiger partial charge in [0, 0.05) is 18.0 Å². The molecule has 0 bridgehead atoms. The van der Waals surface area contributed by atoms with Crippen LogP contribution in [0.2, 0.25) is 0 Å².